The number of pyridine rings is 1. The Hall–Kier alpha value is -3.13. The van der Waals surface area contributed by atoms with Crippen molar-refractivity contribution in [3.05, 3.63) is 54.6 Å². The molecule has 0 unspecified atom stereocenters. The Balaban J connectivity index is 1.33. The van der Waals surface area contributed by atoms with Gasteiger partial charge in [0.25, 0.3) is 0 Å². The predicted molar refractivity (Wildman–Crippen MR) is 101 cm³/mol. The molecule has 7 nitrogen and oxygen atoms in total. The quantitative estimate of drug-likeness (QED) is 0.761. The molecule has 0 aliphatic carbocycles. The number of carbonyl (C=O) groups is 1. The van der Waals surface area contributed by atoms with Crippen LogP contribution in [-0.2, 0) is 4.79 Å². The first-order valence-electron chi connectivity index (χ1n) is 8.78. The van der Waals surface area contributed by atoms with Crippen LogP contribution in [0.3, 0.4) is 0 Å². The average molecular weight is 366 g/mol. The number of para-hydroxylation sites is 1. The number of fused-ring (bicyclic) bond motifs is 1. The minimum atomic E-state index is -0.429. The van der Waals surface area contributed by atoms with Crippen molar-refractivity contribution in [3.8, 4) is 0 Å². The molecule has 0 saturated carbocycles. The van der Waals surface area contributed by atoms with E-state index < -0.39 is 5.82 Å². The molecular formula is C19H19FN6O. The number of rotatable bonds is 4. The van der Waals surface area contributed by atoms with Gasteiger partial charge in [0.15, 0.2) is 5.65 Å². The van der Waals surface area contributed by atoms with Crippen LogP contribution in [0.25, 0.3) is 11.2 Å². The van der Waals surface area contributed by atoms with E-state index in [4.69, 9.17) is 0 Å². The molecule has 0 spiro atoms. The fraction of sp³-hybridized carbons (Fsp3) is 0.263. The maximum Gasteiger partial charge on any atom is 0.238 e. The van der Waals surface area contributed by atoms with E-state index in [1.54, 1.807) is 30.6 Å². The first-order chi connectivity index (χ1) is 13.2. The van der Waals surface area contributed by atoms with Gasteiger partial charge in [-0.1, -0.05) is 12.1 Å². The third-order valence-electron chi connectivity index (χ3n) is 4.53. The third-order valence-corrected chi connectivity index (χ3v) is 4.53. The molecule has 3 heterocycles. The lowest BCUT2D eigenvalue weighted by molar-refractivity contribution is -0.117. The second kappa shape index (κ2) is 7.63. The number of halogens is 1. The number of anilines is 2. The Morgan fingerprint density at radius 2 is 1.81 bits per heavy atom. The molecule has 1 aromatic carbocycles. The van der Waals surface area contributed by atoms with Gasteiger partial charge in [0.05, 0.1) is 12.2 Å². The summed E-state index contributed by atoms with van der Waals surface area (Å²) in [5.41, 5.74) is 1.61. The normalized spacial score (nSPS) is 15.1. The van der Waals surface area contributed by atoms with Crippen molar-refractivity contribution in [2.45, 2.75) is 0 Å². The van der Waals surface area contributed by atoms with Gasteiger partial charge in [0.1, 0.15) is 17.2 Å². The zero-order valence-electron chi connectivity index (χ0n) is 14.7. The zero-order chi connectivity index (χ0) is 18.6. The van der Waals surface area contributed by atoms with Gasteiger partial charge >= 0.3 is 0 Å². The van der Waals surface area contributed by atoms with Gasteiger partial charge in [-0.3, -0.25) is 14.7 Å². The van der Waals surface area contributed by atoms with Gasteiger partial charge in [-0.2, -0.15) is 0 Å². The summed E-state index contributed by atoms with van der Waals surface area (Å²) in [6.45, 7) is 3.20. The van der Waals surface area contributed by atoms with Gasteiger partial charge < -0.3 is 10.2 Å². The van der Waals surface area contributed by atoms with E-state index in [0.29, 0.717) is 5.65 Å². The molecule has 1 aliphatic rings. The SMILES string of the molecule is O=C(CN1CCN(c2ccc3nccnc3n2)CC1)Nc1ccccc1F. The Morgan fingerprint density at radius 3 is 2.63 bits per heavy atom. The lowest BCUT2D eigenvalue weighted by Crippen LogP contribution is -2.49. The Labute approximate surface area is 155 Å². The van der Waals surface area contributed by atoms with Gasteiger partial charge in [-0.25, -0.2) is 14.4 Å². The maximum absolute atomic E-state index is 13.6. The number of nitrogens with zero attached hydrogens (tertiary/aromatic N) is 5. The number of carbonyl (C=O) groups excluding carboxylic acids is 1. The number of hydrogen-bond acceptors (Lipinski definition) is 6. The molecule has 2 aromatic heterocycles. The van der Waals surface area contributed by atoms with E-state index in [1.165, 1.54) is 6.07 Å². The molecular weight excluding hydrogens is 347 g/mol. The van der Waals surface area contributed by atoms with E-state index in [9.17, 15) is 9.18 Å². The van der Waals surface area contributed by atoms with Crippen molar-refractivity contribution in [1.82, 2.24) is 19.9 Å². The predicted octanol–water partition coefficient (Wildman–Crippen LogP) is 1.92. The second-order valence-electron chi connectivity index (χ2n) is 6.36. The second-order valence-corrected chi connectivity index (χ2v) is 6.36. The van der Waals surface area contributed by atoms with Crippen LogP contribution < -0.4 is 10.2 Å². The van der Waals surface area contributed by atoms with E-state index >= 15 is 0 Å². The fourth-order valence-corrected chi connectivity index (χ4v) is 3.11. The molecule has 0 bridgehead atoms. The summed E-state index contributed by atoms with van der Waals surface area (Å²) in [5.74, 6) is 0.215. The third kappa shape index (κ3) is 4.01. The van der Waals surface area contributed by atoms with Crippen LogP contribution in [0.15, 0.2) is 48.8 Å². The Bertz CT molecular complexity index is 958. The fourth-order valence-electron chi connectivity index (χ4n) is 3.11. The highest BCUT2D eigenvalue weighted by atomic mass is 19.1. The first kappa shape index (κ1) is 17.3. The molecule has 27 heavy (non-hydrogen) atoms. The Morgan fingerprint density at radius 1 is 1.04 bits per heavy atom. The summed E-state index contributed by atoms with van der Waals surface area (Å²) >= 11 is 0. The number of piperazine rings is 1. The highest BCUT2D eigenvalue weighted by molar-refractivity contribution is 5.92. The van der Waals surface area contributed by atoms with Crippen LogP contribution in [0, 0.1) is 5.82 Å². The zero-order valence-corrected chi connectivity index (χ0v) is 14.7. The molecule has 1 N–H and O–H groups in total. The molecule has 0 radical (unpaired) electrons. The molecule has 1 amide bonds. The number of amides is 1. The number of hydrogen-bond donors (Lipinski definition) is 1. The average Bonchev–Trinajstić information content (AvgIpc) is 2.70. The van der Waals surface area contributed by atoms with Gasteiger partial charge in [-0.15, -0.1) is 0 Å². The summed E-state index contributed by atoms with van der Waals surface area (Å²) < 4.78 is 13.6. The van der Waals surface area contributed by atoms with Crippen molar-refractivity contribution >= 4 is 28.6 Å². The van der Waals surface area contributed by atoms with Crippen LogP contribution >= 0.6 is 0 Å². The summed E-state index contributed by atoms with van der Waals surface area (Å²) in [7, 11) is 0. The highest BCUT2D eigenvalue weighted by Crippen LogP contribution is 2.17. The standard InChI is InChI=1S/C19H19FN6O/c20-14-3-1-2-4-15(14)23-18(27)13-25-9-11-26(12-10-25)17-6-5-16-19(24-17)22-8-7-21-16/h1-8H,9-13H2,(H,23,27). The van der Waals surface area contributed by atoms with Crippen LogP contribution in [0.5, 0.6) is 0 Å². The molecule has 1 saturated heterocycles. The molecule has 0 atom stereocenters. The molecule has 1 fully saturated rings. The molecule has 1 aliphatic heterocycles. The van der Waals surface area contributed by atoms with E-state index in [1.807, 2.05) is 17.0 Å². The molecule has 138 valence electrons. The molecule has 3 aromatic rings. The number of nitrogens with one attached hydrogen (secondary N) is 1. The topological polar surface area (TPSA) is 74.2 Å². The van der Waals surface area contributed by atoms with Crippen LogP contribution in [0.4, 0.5) is 15.9 Å². The smallest absolute Gasteiger partial charge is 0.238 e. The Kier molecular flexibility index (Phi) is 4.88. The van der Waals surface area contributed by atoms with Crippen LogP contribution in [0.1, 0.15) is 0 Å². The van der Waals surface area contributed by atoms with Gasteiger partial charge in [-0.05, 0) is 24.3 Å². The minimum absolute atomic E-state index is 0.211. The number of benzene rings is 1. The van der Waals surface area contributed by atoms with Crippen LogP contribution in [-0.4, -0.2) is 58.5 Å². The lowest BCUT2D eigenvalue weighted by Gasteiger charge is -2.35. The first-order valence-corrected chi connectivity index (χ1v) is 8.78. The van der Waals surface area contributed by atoms with Crippen molar-refractivity contribution in [2.24, 2.45) is 0 Å². The summed E-state index contributed by atoms with van der Waals surface area (Å²) in [4.78, 5) is 29.4. The maximum atomic E-state index is 13.6. The number of aromatic nitrogens is 3. The summed E-state index contributed by atoms with van der Waals surface area (Å²) in [6, 6.07) is 10.0. The highest BCUT2D eigenvalue weighted by Gasteiger charge is 2.20. The molecule has 8 heteroatoms. The van der Waals surface area contributed by atoms with Crippen LogP contribution in [0.2, 0.25) is 0 Å². The summed E-state index contributed by atoms with van der Waals surface area (Å²) in [6.07, 6.45) is 3.28. The van der Waals surface area contributed by atoms with Crippen molar-refractivity contribution in [1.29, 1.82) is 0 Å². The monoisotopic (exact) mass is 366 g/mol. The van der Waals surface area contributed by atoms with E-state index in [2.05, 4.69) is 25.2 Å². The van der Waals surface area contributed by atoms with Gasteiger partial charge in [0, 0.05) is 38.6 Å². The van der Waals surface area contributed by atoms with Crippen molar-refractivity contribution in [3.63, 3.8) is 0 Å². The summed E-state index contributed by atoms with van der Waals surface area (Å²) in [5, 5.41) is 2.62. The van der Waals surface area contributed by atoms with Crippen molar-refractivity contribution in [2.75, 3.05) is 42.9 Å². The van der Waals surface area contributed by atoms with E-state index in [0.717, 1.165) is 37.5 Å². The molecule has 4 rings (SSSR count). The largest absolute Gasteiger partial charge is 0.354 e. The minimum Gasteiger partial charge on any atom is -0.354 e. The lowest BCUT2D eigenvalue weighted by atomic mass is 10.2. The van der Waals surface area contributed by atoms with E-state index in [-0.39, 0.29) is 18.1 Å². The van der Waals surface area contributed by atoms with Gasteiger partial charge in [0.2, 0.25) is 5.91 Å². The van der Waals surface area contributed by atoms with Crippen molar-refractivity contribution < 1.29 is 9.18 Å².